The van der Waals surface area contributed by atoms with Gasteiger partial charge in [0, 0.05) is 23.7 Å². The van der Waals surface area contributed by atoms with Gasteiger partial charge in [0.25, 0.3) is 0 Å². The highest BCUT2D eigenvalue weighted by molar-refractivity contribution is 7.99. The lowest BCUT2D eigenvalue weighted by atomic mass is 9.98. The molecule has 0 unspecified atom stereocenters. The Balaban J connectivity index is 1.60. The minimum absolute atomic E-state index is 0.175. The third-order valence-corrected chi connectivity index (χ3v) is 6.30. The van der Waals surface area contributed by atoms with Crippen LogP contribution in [0.25, 0.3) is 0 Å². The van der Waals surface area contributed by atoms with Crippen LogP contribution >= 0.6 is 23.4 Å². The van der Waals surface area contributed by atoms with E-state index in [2.05, 4.69) is 24.0 Å². The summed E-state index contributed by atoms with van der Waals surface area (Å²) in [5.74, 6) is 2.03. The number of piperidine rings is 1. The second-order valence-corrected chi connectivity index (χ2v) is 8.48. The van der Waals surface area contributed by atoms with Gasteiger partial charge < -0.3 is 14.2 Å². The summed E-state index contributed by atoms with van der Waals surface area (Å²) in [6.07, 6.45) is 3.36. The number of hydrogen-bond acceptors (Lipinski definition) is 5. The third-order valence-electron chi connectivity index (χ3n) is 5.10. The number of likely N-dealkylation sites (tertiary alicyclic amines) is 1. The van der Waals surface area contributed by atoms with Crippen molar-refractivity contribution in [1.29, 1.82) is 0 Å². The second kappa shape index (κ2) is 9.65. The number of benzene rings is 1. The molecule has 0 radical (unpaired) electrons. The molecule has 0 N–H and O–H groups in total. The zero-order valence-corrected chi connectivity index (χ0v) is 18.2. The first-order valence-electron chi connectivity index (χ1n) is 9.74. The van der Waals surface area contributed by atoms with Crippen molar-refractivity contribution < 1.29 is 9.53 Å². The smallest absolute Gasteiger partial charge is 0.233 e. The van der Waals surface area contributed by atoms with E-state index in [0.29, 0.717) is 29.5 Å². The number of carbonyl (C=O) groups is 1. The molecule has 1 saturated heterocycles. The van der Waals surface area contributed by atoms with Crippen molar-refractivity contribution in [2.45, 2.75) is 70.4 Å². The summed E-state index contributed by atoms with van der Waals surface area (Å²) in [6.45, 7) is 7.35. The Hall–Kier alpha value is -1.73. The van der Waals surface area contributed by atoms with Gasteiger partial charge in [0.05, 0.1) is 5.75 Å². The predicted octanol–water partition coefficient (Wildman–Crippen LogP) is 4.41. The summed E-state index contributed by atoms with van der Waals surface area (Å²) in [4.78, 5) is 14.8. The van der Waals surface area contributed by atoms with Crippen molar-refractivity contribution in [2.24, 2.45) is 0 Å². The van der Waals surface area contributed by atoms with Gasteiger partial charge in [0.1, 0.15) is 12.4 Å². The van der Waals surface area contributed by atoms with Crippen molar-refractivity contribution in [1.82, 2.24) is 19.7 Å². The molecular formula is C20H27ClN4O2S. The van der Waals surface area contributed by atoms with Gasteiger partial charge in [-0.25, -0.2) is 0 Å². The van der Waals surface area contributed by atoms with Gasteiger partial charge in [0.2, 0.25) is 5.91 Å². The average molecular weight is 423 g/mol. The quantitative estimate of drug-likeness (QED) is 0.618. The van der Waals surface area contributed by atoms with Crippen LogP contribution in [0, 0.1) is 0 Å². The van der Waals surface area contributed by atoms with Crippen LogP contribution in [0.15, 0.2) is 29.4 Å². The number of ether oxygens (including phenoxy) is 1. The van der Waals surface area contributed by atoms with E-state index in [1.165, 1.54) is 18.2 Å². The maximum atomic E-state index is 12.7. The molecule has 1 amide bonds. The summed E-state index contributed by atoms with van der Waals surface area (Å²) < 4.78 is 7.78. The number of nitrogens with zero attached hydrogens (tertiary/aromatic N) is 4. The van der Waals surface area contributed by atoms with Gasteiger partial charge in [-0.15, -0.1) is 10.2 Å². The number of thioether (sulfide) groups is 1. The molecule has 6 nitrogen and oxygen atoms in total. The fourth-order valence-electron chi connectivity index (χ4n) is 3.64. The molecule has 8 heteroatoms. The van der Waals surface area contributed by atoms with E-state index < -0.39 is 0 Å². The van der Waals surface area contributed by atoms with Crippen LogP contribution in [0.3, 0.4) is 0 Å². The molecular weight excluding hydrogens is 396 g/mol. The van der Waals surface area contributed by atoms with Gasteiger partial charge in [-0.2, -0.15) is 0 Å². The van der Waals surface area contributed by atoms with E-state index in [0.717, 1.165) is 36.1 Å². The molecule has 2 atom stereocenters. The predicted molar refractivity (Wildman–Crippen MR) is 112 cm³/mol. The second-order valence-electron chi connectivity index (χ2n) is 7.10. The van der Waals surface area contributed by atoms with E-state index in [-0.39, 0.29) is 5.91 Å². The molecule has 0 saturated carbocycles. The topological polar surface area (TPSA) is 60.2 Å². The molecule has 0 aliphatic carbocycles. The fourth-order valence-corrected chi connectivity index (χ4v) is 4.66. The highest BCUT2D eigenvalue weighted by Gasteiger charge is 2.29. The van der Waals surface area contributed by atoms with Crippen LogP contribution in [-0.4, -0.2) is 43.4 Å². The van der Waals surface area contributed by atoms with Gasteiger partial charge in [-0.05, 0) is 64.3 Å². The van der Waals surface area contributed by atoms with E-state index in [9.17, 15) is 4.79 Å². The van der Waals surface area contributed by atoms with Gasteiger partial charge in [-0.1, -0.05) is 23.4 Å². The van der Waals surface area contributed by atoms with Crippen molar-refractivity contribution in [2.75, 3.05) is 5.75 Å². The van der Waals surface area contributed by atoms with Crippen LogP contribution in [-0.2, 0) is 17.9 Å². The van der Waals surface area contributed by atoms with Gasteiger partial charge in [0.15, 0.2) is 11.0 Å². The molecule has 28 heavy (non-hydrogen) atoms. The maximum absolute atomic E-state index is 12.7. The highest BCUT2D eigenvalue weighted by atomic mass is 35.5. The first-order valence-corrected chi connectivity index (χ1v) is 11.1. The van der Waals surface area contributed by atoms with Gasteiger partial charge in [-0.3, -0.25) is 4.79 Å². The molecule has 2 heterocycles. The SMILES string of the molecule is CCn1c(COc2ccc(Cl)cc2)nnc1SCC(=O)N1[C@@H](C)CCC[C@@H]1C. The minimum atomic E-state index is 0.175. The Bertz CT molecular complexity index is 786. The molecule has 1 aromatic heterocycles. The number of carbonyl (C=O) groups excluding carboxylic acids is 1. The van der Waals surface area contributed by atoms with Crippen LogP contribution in [0.4, 0.5) is 0 Å². The molecule has 1 aliphatic rings. The molecule has 3 rings (SSSR count). The molecule has 0 bridgehead atoms. The average Bonchev–Trinajstić information content (AvgIpc) is 3.07. The third kappa shape index (κ3) is 5.00. The van der Waals surface area contributed by atoms with Crippen LogP contribution in [0.1, 0.15) is 45.9 Å². The molecule has 1 aliphatic heterocycles. The first kappa shape index (κ1) is 21.0. The highest BCUT2D eigenvalue weighted by Crippen LogP contribution is 2.25. The molecule has 152 valence electrons. The summed E-state index contributed by atoms with van der Waals surface area (Å²) in [7, 11) is 0. The normalized spacial score (nSPS) is 19.6. The number of aromatic nitrogens is 3. The van der Waals surface area contributed by atoms with Gasteiger partial charge >= 0.3 is 0 Å². The van der Waals surface area contributed by atoms with Crippen molar-refractivity contribution >= 4 is 29.3 Å². The number of amides is 1. The Kier molecular flexibility index (Phi) is 7.24. The minimum Gasteiger partial charge on any atom is -0.486 e. The number of halogens is 1. The van der Waals surface area contributed by atoms with E-state index in [1.807, 2.05) is 28.5 Å². The Labute approximate surface area is 175 Å². The Morgan fingerprint density at radius 2 is 1.89 bits per heavy atom. The summed E-state index contributed by atoms with van der Waals surface area (Å²) in [5.41, 5.74) is 0. The number of hydrogen-bond donors (Lipinski definition) is 0. The fraction of sp³-hybridized carbons (Fsp3) is 0.550. The Morgan fingerprint density at radius 1 is 1.21 bits per heavy atom. The molecule has 0 spiro atoms. The lowest BCUT2D eigenvalue weighted by Crippen LogP contribution is -2.48. The summed E-state index contributed by atoms with van der Waals surface area (Å²) >= 11 is 7.35. The van der Waals surface area contributed by atoms with Crippen LogP contribution in [0.2, 0.25) is 5.02 Å². The van der Waals surface area contributed by atoms with Crippen LogP contribution < -0.4 is 4.74 Å². The first-order chi connectivity index (χ1) is 13.5. The maximum Gasteiger partial charge on any atom is 0.233 e. The largest absolute Gasteiger partial charge is 0.486 e. The Morgan fingerprint density at radius 3 is 2.54 bits per heavy atom. The van der Waals surface area contributed by atoms with Crippen molar-refractivity contribution in [3.63, 3.8) is 0 Å². The van der Waals surface area contributed by atoms with E-state index >= 15 is 0 Å². The van der Waals surface area contributed by atoms with Crippen molar-refractivity contribution in [3.8, 4) is 5.75 Å². The molecule has 1 aromatic carbocycles. The lowest BCUT2D eigenvalue weighted by Gasteiger charge is -2.39. The number of rotatable bonds is 7. The lowest BCUT2D eigenvalue weighted by molar-refractivity contribution is -0.134. The zero-order chi connectivity index (χ0) is 20.1. The summed E-state index contributed by atoms with van der Waals surface area (Å²) in [5, 5.41) is 9.95. The van der Waals surface area contributed by atoms with Crippen molar-refractivity contribution in [3.05, 3.63) is 35.1 Å². The standard InChI is InChI=1S/C20H27ClN4O2S/c1-4-24-18(12-27-17-10-8-16(21)9-11-17)22-23-20(24)28-13-19(26)25-14(2)6-5-7-15(25)3/h8-11,14-15H,4-7,12-13H2,1-3H3/t14-,15-/m0/s1. The van der Waals surface area contributed by atoms with Crippen LogP contribution in [0.5, 0.6) is 5.75 Å². The zero-order valence-electron chi connectivity index (χ0n) is 16.6. The molecule has 1 fully saturated rings. The monoisotopic (exact) mass is 422 g/mol. The molecule has 2 aromatic rings. The van der Waals surface area contributed by atoms with E-state index in [1.54, 1.807) is 12.1 Å². The summed E-state index contributed by atoms with van der Waals surface area (Å²) in [6, 6.07) is 7.84. The van der Waals surface area contributed by atoms with E-state index in [4.69, 9.17) is 16.3 Å².